The highest BCUT2D eigenvalue weighted by atomic mass is 16.7. The van der Waals surface area contributed by atoms with Crippen LogP contribution in [0.1, 0.15) is 303 Å². The predicted molar refractivity (Wildman–Crippen MR) is 331 cm³/mol. The molecule has 1 aliphatic heterocycles. The highest BCUT2D eigenvalue weighted by molar-refractivity contribution is 5.74. The average molecular weight is 1140 g/mol. The quantitative estimate of drug-likeness (QED) is 0.0228. The minimum absolute atomic E-state index is 0.0492. The van der Waals surface area contributed by atoms with Crippen molar-refractivity contribution in [2.45, 2.75) is 340 Å². The van der Waals surface area contributed by atoms with E-state index in [1.54, 1.807) is 0 Å². The Kier molecular flexibility index (Phi) is 53.0. The van der Waals surface area contributed by atoms with E-state index in [4.69, 9.17) is 23.7 Å². The lowest BCUT2D eigenvalue weighted by molar-refractivity contribution is -0.301. The number of aliphatic hydroxyl groups excluding tert-OH is 2. The molecule has 6 unspecified atom stereocenters. The Balaban J connectivity index is 2.67. The van der Waals surface area contributed by atoms with Crippen LogP contribution in [0.5, 0.6) is 0 Å². The minimum Gasteiger partial charge on any atom is -0.479 e. The number of carbonyl (C=O) groups excluding carboxylic acids is 3. The van der Waals surface area contributed by atoms with Gasteiger partial charge in [-0.15, -0.1) is 0 Å². The zero-order chi connectivity index (χ0) is 58.9. The average Bonchev–Trinajstić information content (AvgIpc) is 3.53. The van der Waals surface area contributed by atoms with Crippen LogP contribution in [0.4, 0.5) is 0 Å². The summed E-state index contributed by atoms with van der Waals surface area (Å²) in [6.07, 6.45) is 58.8. The van der Waals surface area contributed by atoms with Gasteiger partial charge in [0.15, 0.2) is 24.6 Å². The third-order valence-electron chi connectivity index (χ3n) is 15.0. The van der Waals surface area contributed by atoms with Gasteiger partial charge in [0.25, 0.3) is 0 Å². The minimum atomic E-state index is -1.91. The third kappa shape index (κ3) is 46.5. The van der Waals surface area contributed by atoms with Crippen LogP contribution in [0.25, 0.3) is 0 Å². The van der Waals surface area contributed by atoms with Crippen LogP contribution in [-0.4, -0.2) is 89.2 Å². The lowest BCUT2D eigenvalue weighted by atomic mass is 9.98. The molecular weight excluding hydrogens is 1020 g/mol. The highest BCUT2D eigenvalue weighted by Gasteiger charge is 2.50. The molecular formula is C69H120O12. The summed E-state index contributed by atoms with van der Waals surface area (Å²) < 4.78 is 28.5. The molecule has 1 saturated heterocycles. The van der Waals surface area contributed by atoms with Gasteiger partial charge < -0.3 is 39.0 Å². The Morgan fingerprint density at radius 1 is 0.407 bits per heavy atom. The lowest BCUT2D eigenvalue weighted by Gasteiger charge is -2.40. The maximum Gasteiger partial charge on any atom is 0.335 e. The number of esters is 3. The summed E-state index contributed by atoms with van der Waals surface area (Å²) in [7, 11) is 0. The number of carboxylic acid groups (broad SMARTS) is 1. The molecule has 0 aromatic rings. The molecule has 0 saturated carbocycles. The fourth-order valence-corrected chi connectivity index (χ4v) is 9.89. The standard InChI is InChI=1S/C69H120O12/c1-4-7-10-13-16-19-22-25-28-30-31-33-35-37-40-43-46-49-52-55-61(70)77-58-60(79-62(71)56-53-50-47-44-41-39-36-32-29-26-23-20-17-14-11-8-5-2)59-78-69-67(65(74)64(73)66(81-69)68(75)76)80-63(72)57-54-51-48-45-42-38-34-27-24-21-18-15-12-9-6-3/h16,19,25-29,31,33-34,60,64-67,69,73-74H,4-15,17-18,20-24,30,32,35-59H2,1-3H3,(H,75,76)/b19-16-,28-25-,29-26-,33-31-,34-27-. The number of rotatable bonds is 57. The van der Waals surface area contributed by atoms with Gasteiger partial charge in [-0.1, -0.05) is 236 Å². The van der Waals surface area contributed by atoms with Gasteiger partial charge in [0.05, 0.1) is 6.61 Å². The summed E-state index contributed by atoms with van der Waals surface area (Å²) in [5, 5.41) is 31.6. The molecule has 12 heteroatoms. The van der Waals surface area contributed by atoms with Gasteiger partial charge in [0, 0.05) is 19.3 Å². The number of carboxylic acids is 1. The SMILES string of the molecule is CCCCC/C=C\C/C=C\C/C=C\CCCCCCCCC(=O)OCC(COC1OC(C(=O)O)C(O)C(O)C1OC(=O)CCCCCCC/C=C\CCCCCCCC)OC(=O)CCCCCCCCC/C=C\CCCCCCCC. The number of ether oxygens (including phenoxy) is 5. The fourth-order valence-electron chi connectivity index (χ4n) is 9.89. The van der Waals surface area contributed by atoms with E-state index in [2.05, 4.69) is 81.5 Å². The summed E-state index contributed by atoms with van der Waals surface area (Å²) in [6.45, 7) is 5.97. The molecule has 0 aromatic heterocycles. The van der Waals surface area contributed by atoms with Crippen molar-refractivity contribution < 1.29 is 58.2 Å². The Bertz CT molecular complexity index is 1640. The van der Waals surface area contributed by atoms with Gasteiger partial charge >= 0.3 is 23.9 Å². The van der Waals surface area contributed by atoms with Gasteiger partial charge in [-0.2, -0.15) is 0 Å². The van der Waals surface area contributed by atoms with Crippen LogP contribution in [0.15, 0.2) is 60.8 Å². The van der Waals surface area contributed by atoms with Crippen molar-refractivity contribution in [2.75, 3.05) is 13.2 Å². The molecule has 1 heterocycles. The van der Waals surface area contributed by atoms with E-state index in [0.717, 1.165) is 122 Å². The van der Waals surface area contributed by atoms with E-state index in [-0.39, 0.29) is 25.9 Å². The zero-order valence-corrected chi connectivity index (χ0v) is 51.8. The first-order valence-electron chi connectivity index (χ1n) is 33.3. The van der Waals surface area contributed by atoms with E-state index >= 15 is 0 Å². The van der Waals surface area contributed by atoms with Crippen LogP contribution >= 0.6 is 0 Å². The Morgan fingerprint density at radius 2 is 0.741 bits per heavy atom. The fraction of sp³-hybridized carbons (Fsp3) is 0.797. The molecule has 1 aliphatic rings. The molecule has 3 N–H and O–H groups in total. The number of allylic oxidation sites excluding steroid dienone is 10. The summed E-state index contributed by atoms with van der Waals surface area (Å²) in [4.78, 5) is 51.4. The molecule has 1 fully saturated rings. The monoisotopic (exact) mass is 1140 g/mol. The molecule has 6 atom stereocenters. The van der Waals surface area contributed by atoms with Crippen LogP contribution in [0.3, 0.4) is 0 Å². The molecule has 0 aromatic carbocycles. The van der Waals surface area contributed by atoms with Crippen LogP contribution in [-0.2, 0) is 42.9 Å². The first-order chi connectivity index (χ1) is 39.6. The van der Waals surface area contributed by atoms with Crippen molar-refractivity contribution in [3.05, 3.63) is 60.8 Å². The van der Waals surface area contributed by atoms with Crippen LogP contribution in [0, 0.1) is 0 Å². The number of carbonyl (C=O) groups is 4. The van der Waals surface area contributed by atoms with E-state index in [0.29, 0.717) is 19.3 Å². The van der Waals surface area contributed by atoms with Gasteiger partial charge in [-0.05, 0) is 109 Å². The van der Waals surface area contributed by atoms with Crippen molar-refractivity contribution >= 4 is 23.9 Å². The first kappa shape index (κ1) is 75.4. The van der Waals surface area contributed by atoms with E-state index in [1.807, 2.05) is 0 Å². The molecule has 0 radical (unpaired) electrons. The molecule has 1 rings (SSSR count). The molecule has 0 aliphatic carbocycles. The van der Waals surface area contributed by atoms with Crippen molar-refractivity contribution in [1.29, 1.82) is 0 Å². The maximum absolute atomic E-state index is 13.2. The lowest BCUT2D eigenvalue weighted by Crippen LogP contribution is -2.61. The van der Waals surface area contributed by atoms with E-state index < -0.39 is 67.3 Å². The van der Waals surface area contributed by atoms with Gasteiger partial charge in [-0.25, -0.2) is 4.79 Å². The van der Waals surface area contributed by atoms with E-state index in [1.165, 1.54) is 122 Å². The second-order valence-electron chi connectivity index (χ2n) is 22.7. The normalized spacial score (nSPS) is 18.1. The summed E-state index contributed by atoms with van der Waals surface area (Å²) in [5.74, 6) is -3.13. The van der Waals surface area contributed by atoms with Crippen molar-refractivity contribution in [3.8, 4) is 0 Å². The van der Waals surface area contributed by atoms with Crippen molar-refractivity contribution in [2.24, 2.45) is 0 Å². The van der Waals surface area contributed by atoms with Crippen molar-refractivity contribution in [3.63, 3.8) is 0 Å². The maximum atomic E-state index is 13.2. The second kappa shape index (κ2) is 56.9. The zero-order valence-electron chi connectivity index (χ0n) is 51.8. The summed E-state index contributed by atoms with van der Waals surface area (Å²) >= 11 is 0. The van der Waals surface area contributed by atoms with Gasteiger partial charge in [0.2, 0.25) is 0 Å². The topological polar surface area (TPSA) is 175 Å². The predicted octanol–water partition coefficient (Wildman–Crippen LogP) is 17.9. The Labute approximate surface area is 494 Å². The summed E-state index contributed by atoms with van der Waals surface area (Å²) in [5.41, 5.74) is 0. The molecule has 0 amide bonds. The van der Waals surface area contributed by atoms with Crippen molar-refractivity contribution in [1.82, 2.24) is 0 Å². The first-order valence-corrected chi connectivity index (χ1v) is 33.3. The molecule has 0 bridgehead atoms. The number of aliphatic hydroxyl groups is 2. The number of hydrogen-bond acceptors (Lipinski definition) is 11. The number of hydrogen-bond donors (Lipinski definition) is 3. The third-order valence-corrected chi connectivity index (χ3v) is 15.0. The Hall–Kier alpha value is -3.58. The van der Waals surface area contributed by atoms with E-state index in [9.17, 15) is 34.5 Å². The smallest absolute Gasteiger partial charge is 0.335 e. The Morgan fingerprint density at radius 3 is 1.16 bits per heavy atom. The molecule has 0 spiro atoms. The van der Waals surface area contributed by atoms with Crippen LogP contribution in [0.2, 0.25) is 0 Å². The largest absolute Gasteiger partial charge is 0.479 e. The molecule has 468 valence electrons. The van der Waals surface area contributed by atoms with Crippen LogP contribution < -0.4 is 0 Å². The second-order valence-corrected chi connectivity index (χ2v) is 22.7. The number of aliphatic carboxylic acids is 1. The molecule has 12 nitrogen and oxygen atoms in total. The highest BCUT2D eigenvalue weighted by Crippen LogP contribution is 2.27. The van der Waals surface area contributed by atoms with Gasteiger partial charge in [0.1, 0.15) is 18.8 Å². The molecule has 81 heavy (non-hydrogen) atoms. The summed E-state index contributed by atoms with van der Waals surface area (Å²) in [6, 6.07) is 0. The number of unbranched alkanes of at least 4 members (excludes halogenated alkanes) is 33. The van der Waals surface area contributed by atoms with Gasteiger partial charge in [-0.3, -0.25) is 14.4 Å².